The molecule has 0 saturated heterocycles. The predicted molar refractivity (Wildman–Crippen MR) is 66.8 cm³/mol. The Labute approximate surface area is 112 Å². The number of aromatic nitrogens is 2. The Kier molecular flexibility index (Phi) is 3.68. The van der Waals surface area contributed by atoms with Crippen LogP contribution >= 0.6 is 11.6 Å². The first-order chi connectivity index (χ1) is 9.17. The lowest BCUT2D eigenvalue weighted by Gasteiger charge is -2.09. The smallest absolute Gasteiger partial charge is 0.156 e. The maximum atomic E-state index is 13.4. The Morgan fingerprint density at radius 1 is 1.42 bits per heavy atom. The first kappa shape index (κ1) is 12.9. The van der Waals surface area contributed by atoms with E-state index in [1.807, 2.05) is 0 Å². The average molecular weight is 277 g/mol. The highest BCUT2D eigenvalue weighted by atomic mass is 35.5. The lowest BCUT2D eigenvalue weighted by atomic mass is 10.2. The Balaban J connectivity index is 2.49. The third-order valence-electron chi connectivity index (χ3n) is 2.33. The second kappa shape index (κ2) is 5.42. The van der Waals surface area contributed by atoms with E-state index in [0.717, 1.165) is 12.4 Å². The molecule has 1 aromatic carbocycles. The van der Waals surface area contributed by atoms with E-state index < -0.39 is 5.82 Å². The minimum Gasteiger partial charge on any atom is -0.338 e. The zero-order valence-corrected chi connectivity index (χ0v) is 10.1. The molecule has 1 aromatic heterocycles. The standard InChI is InChI=1S/C12H6ClFN4O/c13-11-8(5-19)12(17-6-16-11)18-10-3-1-2-9(14)7(10)4-15/h1-3,5-6H,(H,16,17,18). The van der Waals surface area contributed by atoms with Gasteiger partial charge in [-0.1, -0.05) is 17.7 Å². The monoisotopic (exact) mass is 276 g/mol. The molecule has 1 N–H and O–H groups in total. The number of aldehydes is 1. The van der Waals surface area contributed by atoms with E-state index in [1.54, 1.807) is 6.07 Å². The molecule has 0 atom stereocenters. The van der Waals surface area contributed by atoms with Gasteiger partial charge in [0.1, 0.15) is 34.7 Å². The molecule has 0 fully saturated rings. The summed E-state index contributed by atoms with van der Waals surface area (Å²) in [6.07, 6.45) is 1.64. The molecular formula is C12H6ClFN4O. The van der Waals surface area contributed by atoms with Crippen molar-refractivity contribution in [2.24, 2.45) is 0 Å². The highest BCUT2D eigenvalue weighted by Crippen LogP contribution is 2.25. The lowest BCUT2D eigenvalue weighted by molar-refractivity contribution is 0.112. The molecule has 94 valence electrons. The van der Waals surface area contributed by atoms with E-state index in [1.165, 1.54) is 12.1 Å². The quantitative estimate of drug-likeness (QED) is 0.689. The molecular weight excluding hydrogens is 271 g/mol. The number of halogens is 2. The summed E-state index contributed by atoms with van der Waals surface area (Å²) in [7, 11) is 0. The predicted octanol–water partition coefficient (Wildman–Crippen LogP) is 2.70. The summed E-state index contributed by atoms with van der Waals surface area (Å²) in [6, 6.07) is 5.82. The van der Waals surface area contributed by atoms with Crippen LogP contribution in [0.4, 0.5) is 15.9 Å². The van der Waals surface area contributed by atoms with Gasteiger partial charge in [0.05, 0.1) is 11.3 Å². The van der Waals surface area contributed by atoms with Crippen LogP contribution < -0.4 is 5.32 Å². The number of hydrogen-bond acceptors (Lipinski definition) is 5. The van der Waals surface area contributed by atoms with Crippen LogP contribution in [0.5, 0.6) is 0 Å². The third-order valence-corrected chi connectivity index (χ3v) is 2.63. The molecule has 0 saturated carbocycles. The second-order valence-electron chi connectivity index (χ2n) is 3.44. The van der Waals surface area contributed by atoms with Crippen molar-refractivity contribution in [3.8, 4) is 6.07 Å². The topological polar surface area (TPSA) is 78.7 Å². The van der Waals surface area contributed by atoms with Gasteiger partial charge in [-0.05, 0) is 12.1 Å². The van der Waals surface area contributed by atoms with Crippen LogP contribution in [0.15, 0.2) is 24.5 Å². The van der Waals surface area contributed by atoms with E-state index in [0.29, 0.717) is 6.29 Å². The van der Waals surface area contributed by atoms with Crippen LogP contribution in [0.3, 0.4) is 0 Å². The molecule has 19 heavy (non-hydrogen) atoms. The summed E-state index contributed by atoms with van der Waals surface area (Å²) in [5.41, 5.74) is 0.0618. The van der Waals surface area contributed by atoms with Gasteiger partial charge in [-0.2, -0.15) is 5.26 Å². The number of nitrogens with zero attached hydrogens (tertiary/aromatic N) is 3. The maximum Gasteiger partial charge on any atom is 0.156 e. The fraction of sp³-hybridized carbons (Fsp3) is 0. The highest BCUT2D eigenvalue weighted by Gasteiger charge is 2.13. The van der Waals surface area contributed by atoms with E-state index in [-0.39, 0.29) is 27.8 Å². The number of hydrogen-bond donors (Lipinski definition) is 1. The number of anilines is 2. The minimum atomic E-state index is -0.666. The van der Waals surface area contributed by atoms with E-state index >= 15 is 0 Å². The molecule has 2 aromatic rings. The molecule has 0 spiro atoms. The Bertz CT molecular complexity index is 684. The maximum absolute atomic E-state index is 13.4. The normalized spacial score (nSPS) is 9.74. The van der Waals surface area contributed by atoms with Crippen molar-refractivity contribution >= 4 is 29.4 Å². The Morgan fingerprint density at radius 3 is 2.89 bits per heavy atom. The molecule has 0 bridgehead atoms. The number of benzene rings is 1. The first-order valence-corrected chi connectivity index (χ1v) is 5.46. The number of carbonyl (C=O) groups is 1. The molecule has 0 radical (unpaired) electrons. The molecule has 0 amide bonds. The number of rotatable bonds is 3. The van der Waals surface area contributed by atoms with Crippen LogP contribution in [0, 0.1) is 17.1 Å². The van der Waals surface area contributed by atoms with Crippen molar-refractivity contribution in [3.05, 3.63) is 46.6 Å². The van der Waals surface area contributed by atoms with E-state index in [4.69, 9.17) is 16.9 Å². The molecule has 0 aliphatic rings. The van der Waals surface area contributed by atoms with Gasteiger partial charge in [0, 0.05) is 0 Å². The summed E-state index contributed by atoms with van der Waals surface area (Å²) >= 11 is 5.74. The van der Waals surface area contributed by atoms with Gasteiger partial charge in [0.25, 0.3) is 0 Å². The highest BCUT2D eigenvalue weighted by molar-refractivity contribution is 6.32. The van der Waals surface area contributed by atoms with Crippen molar-refractivity contribution in [1.82, 2.24) is 9.97 Å². The molecule has 0 aliphatic heterocycles. The SMILES string of the molecule is N#Cc1c(F)cccc1Nc1ncnc(Cl)c1C=O. The van der Waals surface area contributed by atoms with Gasteiger partial charge in [0.2, 0.25) is 0 Å². The Hall–Kier alpha value is -2.52. The fourth-order valence-electron chi connectivity index (χ4n) is 1.45. The number of carbonyl (C=O) groups excluding carboxylic acids is 1. The number of nitrogens with one attached hydrogen (secondary N) is 1. The van der Waals surface area contributed by atoms with Crippen molar-refractivity contribution < 1.29 is 9.18 Å². The largest absolute Gasteiger partial charge is 0.338 e. The zero-order valence-electron chi connectivity index (χ0n) is 9.39. The number of nitriles is 1. The summed E-state index contributed by atoms with van der Waals surface area (Å²) in [6.45, 7) is 0. The first-order valence-electron chi connectivity index (χ1n) is 5.08. The second-order valence-corrected chi connectivity index (χ2v) is 3.80. The zero-order chi connectivity index (χ0) is 13.8. The minimum absolute atomic E-state index is 0.0255. The summed E-state index contributed by atoms with van der Waals surface area (Å²) < 4.78 is 13.4. The van der Waals surface area contributed by atoms with Gasteiger partial charge < -0.3 is 5.32 Å². The average Bonchev–Trinajstić information content (AvgIpc) is 2.39. The third kappa shape index (κ3) is 2.51. The summed E-state index contributed by atoms with van der Waals surface area (Å²) in [4.78, 5) is 18.4. The van der Waals surface area contributed by atoms with Gasteiger partial charge in [-0.25, -0.2) is 14.4 Å². The van der Waals surface area contributed by atoms with Gasteiger partial charge >= 0.3 is 0 Å². The van der Waals surface area contributed by atoms with Crippen LogP contribution in [-0.2, 0) is 0 Å². The lowest BCUT2D eigenvalue weighted by Crippen LogP contribution is -2.02. The van der Waals surface area contributed by atoms with Crippen molar-refractivity contribution in [1.29, 1.82) is 5.26 Å². The molecule has 0 aliphatic carbocycles. The molecule has 2 rings (SSSR count). The van der Waals surface area contributed by atoms with Gasteiger partial charge in [-0.3, -0.25) is 4.79 Å². The van der Waals surface area contributed by atoms with Crippen molar-refractivity contribution in [2.45, 2.75) is 0 Å². The molecule has 5 nitrogen and oxygen atoms in total. The molecule has 1 heterocycles. The van der Waals surface area contributed by atoms with Crippen molar-refractivity contribution in [2.75, 3.05) is 5.32 Å². The van der Waals surface area contributed by atoms with Crippen LogP contribution in [0.1, 0.15) is 15.9 Å². The summed E-state index contributed by atoms with van der Waals surface area (Å²) in [5.74, 6) is -0.558. The van der Waals surface area contributed by atoms with E-state index in [2.05, 4.69) is 15.3 Å². The summed E-state index contributed by atoms with van der Waals surface area (Å²) in [5, 5.41) is 11.6. The molecule has 7 heteroatoms. The van der Waals surface area contributed by atoms with Gasteiger partial charge in [0.15, 0.2) is 6.29 Å². The van der Waals surface area contributed by atoms with Crippen LogP contribution in [-0.4, -0.2) is 16.3 Å². The molecule has 0 unspecified atom stereocenters. The van der Waals surface area contributed by atoms with Crippen LogP contribution in [0.2, 0.25) is 5.15 Å². The fourth-order valence-corrected chi connectivity index (χ4v) is 1.63. The van der Waals surface area contributed by atoms with Crippen molar-refractivity contribution in [3.63, 3.8) is 0 Å². The van der Waals surface area contributed by atoms with Gasteiger partial charge in [-0.15, -0.1) is 0 Å². The van der Waals surface area contributed by atoms with Crippen LogP contribution in [0.25, 0.3) is 0 Å². The van der Waals surface area contributed by atoms with E-state index in [9.17, 15) is 9.18 Å². The Morgan fingerprint density at radius 2 is 2.21 bits per heavy atom.